The molecule has 2 heterocycles. The normalized spacial score (nSPS) is 11.0. The molecule has 6 nitrogen and oxygen atoms in total. The molecule has 0 aliphatic heterocycles. The lowest BCUT2D eigenvalue weighted by Crippen LogP contribution is -2.14. The molecule has 2 aromatic heterocycles. The number of benzene rings is 1. The maximum atomic E-state index is 12.0. The quantitative estimate of drug-likeness (QED) is 0.620. The molecular weight excluding hydrogens is 383 g/mol. The molecule has 0 fully saturated rings. The molecule has 0 aliphatic rings. The number of halogens is 2. The summed E-state index contributed by atoms with van der Waals surface area (Å²) >= 11 is 13.4. The Morgan fingerprint density at radius 1 is 1.36 bits per heavy atom. The Morgan fingerprint density at radius 3 is 2.88 bits per heavy atom. The highest BCUT2D eigenvalue weighted by Gasteiger charge is 2.12. The van der Waals surface area contributed by atoms with Gasteiger partial charge < -0.3 is 4.74 Å². The van der Waals surface area contributed by atoms with E-state index in [1.807, 2.05) is 13.8 Å². The van der Waals surface area contributed by atoms with Crippen LogP contribution in [0.1, 0.15) is 23.4 Å². The Morgan fingerprint density at radius 2 is 2.16 bits per heavy atom. The topological polar surface area (TPSA) is 68.5 Å². The zero-order valence-electron chi connectivity index (χ0n) is 13.7. The number of anilines is 1. The number of carbonyl (C=O) groups excluding carboxylic acids is 1. The molecule has 1 N–H and O–H groups in total. The lowest BCUT2D eigenvalue weighted by atomic mass is 10.3. The third-order valence-electron chi connectivity index (χ3n) is 3.60. The first-order valence-electron chi connectivity index (χ1n) is 7.64. The smallest absolute Gasteiger partial charge is 0.250 e. The second-order valence-electron chi connectivity index (χ2n) is 5.45. The number of carbonyl (C=O) groups is 1. The number of thiazole rings is 1. The van der Waals surface area contributed by atoms with Crippen LogP contribution in [0.2, 0.25) is 10.0 Å². The molecule has 0 bridgehead atoms. The second-order valence-corrected chi connectivity index (χ2v) is 7.47. The molecule has 0 atom stereocenters. The van der Waals surface area contributed by atoms with Crippen molar-refractivity contribution < 1.29 is 9.53 Å². The van der Waals surface area contributed by atoms with Crippen molar-refractivity contribution in [3.63, 3.8) is 0 Å². The fourth-order valence-corrected chi connectivity index (χ4v) is 3.56. The Labute approximate surface area is 158 Å². The lowest BCUT2D eigenvalue weighted by Gasteiger charge is -2.07. The van der Waals surface area contributed by atoms with Gasteiger partial charge in [0.15, 0.2) is 0 Å². The number of nitrogens with one attached hydrogen (secondary N) is 1. The Bertz CT molecular complexity index is 922. The molecule has 0 aliphatic carbocycles. The van der Waals surface area contributed by atoms with Crippen LogP contribution in [0.3, 0.4) is 0 Å². The van der Waals surface area contributed by atoms with Gasteiger partial charge >= 0.3 is 0 Å². The highest BCUT2D eigenvalue weighted by atomic mass is 35.5. The van der Waals surface area contributed by atoms with Gasteiger partial charge in [-0.3, -0.25) is 10.1 Å². The Kier molecular flexibility index (Phi) is 5.46. The van der Waals surface area contributed by atoms with E-state index >= 15 is 0 Å². The van der Waals surface area contributed by atoms with Crippen LogP contribution in [0.25, 0.3) is 4.96 Å². The van der Waals surface area contributed by atoms with Crippen molar-refractivity contribution in [2.24, 2.45) is 0 Å². The fourth-order valence-electron chi connectivity index (χ4n) is 2.19. The predicted molar refractivity (Wildman–Crippen MR) is 100 cm³/mol. The summed E-state index contributed by atoms with van der Waals surface area (Å²) in [7, 11) is 0. The van der Waals surface area contributed by atoms with Gasteiger partial charge in [-0.15, -0.1) is 5.10 Å². The average Bonchev–Trinajstić information content (AvgIpc) is 3.05. The van der Waals surface area contributed by atoms with Crippen LogP contribution < -0.4 is 10.1 Å². The molecule has 25 heavy (non-hydrogen) atoms. The van der Waals surface area contributed by atoms with E-state index in [-0.39, 0.29) is 5.91 Å². The van der Waals surface area contributed by atoms with Gasteiger partial charge in [0.25, 0.3) is 0 Å². The number of amides is 1. The number of hydrogen-bond acceptors (Lipinski definition) is 5. The fraction of sp³-hybridized carbons (Fsp3) is 0.312. The zero-order chi connectivity index (χ0) is 18.0. The van der Waals surface area contributed by atoms with Crippen LogP contribution in [0.4, 0.5) is 5.95 Å². The molecule has 9 heteroatoms. The van der Waals surface area contributed by atoms with Crippen LogP contribution >= 0.6 is 34.5 Å². The first kappa shape index (κ1) is 18.0. The number of aromatic nitrogens is 3. The van der Waals surface area contributed by atoms with Crippen molar-refractivity contribution in [1.82, 2.24) is 14.6 Å². The van der Waals surface area contributed by atoms with Gasteiger partial charge in [0.1, 0.15) is 5.75 Å². The maximum Gasteiger partial charge on any atom is 0.250 e. The molecule has 132 valence electrons. The van der Waals surface area contributed by atoms with Gasteiger partial charge in [-0.2, -0.15) is 4.98 Å². The second kappa shape index (κ2) is 7.59. The molecule has 1 amide bonds. The standard InChI is InChI=1S/C16H16Cl2N4O2S/c1-9-10(2)25-16-20-15(21-22(9)16)19-14(23)4-3-7-24-13-6-5-11(17)8-12(13)18/h5-6,8H,3-4,7H2,1-2H3,(H,19,21,23). The van der Waals surface area contributed by atoms with Crippen molar-refractivity contribution in [2.75, 3.05) is 11.9 Å². The van der Waals surface area contributed by atoms with Crippen LogP contribution in [-0.2, 0) is 4.79 Å². The number of fused-ring (bicyclic) bond motifs is 1. The molecule has 1 aromatic carbocycles. The van der Waals surface area contributed by atoms with Crippen LogP contribution in [-0.4, -0.2) is 27.1 Å². The van der Waals surface area contributed by atoms with Gasteiger partial charge in [0.05, 0.1) is 17.3 Å². The van der Waals surface area contributed by atoms with E-state index in [1.54, 1.807) is 34.1 Å². The van der Waals surface area contributed by atoms with Crippen LogP contribution in [0.5, 0.6) is 5.75 Å². The number of nitrogens with zero attached hydrogens (tertiary/aromatic N) is 3. The largest absolute Gasteiger partial charge is 0.492 e. The third kappa shape index (κ3) is 4.23. The van der Waals surface area contributed by atoms with Gasteiger partial charge in [-0.05, 0) is 38.5 Å². The van der Waals surface area contributed by atoms with Gasteiger partial charge in [0.2, 0.25) is 16.8 Å². The molecule has 0 saturated carbocycles. The number of ether oxygens (including phenoxy) is 1. The minimum Gasteiger partial charge on any atom is -0.492 e. The van der Waals surface area contributed by atoms with E-state index in [9.17, 15) is 4.79 Å². The van der Waals surface area contributed by atoms with E-state index < -0.39 is 0 Å². The first-order valence-corrected chi connectivity index (χ1v) is 9.22. The number of rotatable bonds is 6. The average molecular weight is 399 g/mol. The lowest BCUT2D eigenvalue weighted by molar-refractivity contribution is -0.116. The molecular formula is C16H16Cl2N4O2S. The van der Waals surface area contributed by atoms with Gasteiger partial charge in [0, 0.05) is 16.3 Å². The van der Waals surface area contributed by atoms with E-state index in [0.29, 0.717) is 41.2 Å². The molecule has 0 unspecified atom stereocenters. The van der Waals surface area contributed by atoms with E-state index in [1.165, 1.54) is 0 Å². The van der Waals surface area contributed by atoms with Crippen molar-refractivity contribution >= 4 is 51.4 Å². The SMILES string of the molecule is Cc1sc2nc(NC(=O)CCCOc3ccc(Cl)cc3Cl)nn2c1C. The summed E-state index contributed by atoms with van der Waals surface area (Å²) in [4.78, 5) is 18.2. The summed E-state index contributed by atoms with van der Waals surface area (Å²) in [5.74, 6) is 0.716. The molecule has 3 aromatic rings. The minimum atomic E-state index is -0.154. The summed E-state index contributed by atoms with van der Waals surface area (Å²) in [6.45, 7) is 4.36. The van der Waals surface area contributed by atoms with Crippen molar-refractivity contribution in [3.8, 4) is 5.75 Å². The maximum absolute atomic E-state index is 12.0. The first-order chi connectivity index (χ1) is 11.9. The summed E-state index contributed by atoms with van der Waals surface area (Å²) < 4.78 is 7.29. The molecule has 3 rings (SSSR count). The molecule has 0 saturated heterocycles. The third-order valence-corrected chi connectivity index (χ3v) is 5.18. The van der Waals surface area contributed by atoms with E-state index in [4.69, 9.17) is 27.9 Å². The monoisotopic (exact) mass is 398 g/mol. The van der Waals surface area contributed by atoms with Crippen molar-refractivity contribution in [3.05, 3.63) is 38.8 Å². The summed E-state index contributed by atoms with van der Waals surface area (Å²) in [5, 5.41) is 8.00. The minimum absolute atomic E-state index is 0.154. The van der Waals surface area contributed by atoms with Gasteiger partial charge in [-0.25, -0.2) is 4.52 Å². The predicted octanol–water partition coefficient (Wildman–Crippen LogP) is 4.51. The Hall–Kier alpha value is -1.83. The van der Waals surface area contributed by atoms with E-state index in [0.717, 1.165) is 15.5 Å². The molecule has 0 radical (unpaired) electrons. The van der Waals surface area contributed by atoms with Crippen LogP contribution in [0.15, 0.2) is 18.2 Å². The summed E-state index contributed by atoms with van der Waals surface area (Å²) in [5.41, 5.74) is 1.03. The van der Waals surface area contributed by atoms with Crippen LogP contribution in [0, 0.1) is 13.8 Å². The van der Waals surface area contributed by atoms with Crippen molar-refractivity contribution in [1.29, 1.82) is 0 Å². The summed E-state index contributed by atoms with van der Waals surface area (Å²) in [6.07, 6.45) is 0.848. The number of hydrogen-bond donors (Lipinski definition) is 1. The highest BCUT2D eigenvalue weighted by Crippen LogP contribution is 2.27. The number of aryl methyl sites for hydroxylation is 2. The molecule has 0 spiro atoms. The summed E-state index contributed by atoms with van der Waals surface area (Å²) in [6, 6.07) is 5.02. The Balaban J connectivity index is 1.47. The van der Waals surface area contributed by atoms with E-state index in [2.05, 4.69) is 15.4 Å². The van der Waals surface area contributed by atoms with Gasteiger partial charge in [-0.1, -0.05) is 34.5 Å². The zero-order valence-corrected chi connectivity index (χ0v) is 16.0. The highest BCUT2D eigenvalue weighted by molar-refractivity contribution is 7.17. The van der Waals surface area contributed by atoms with Crippen molar-refractivity contribution in [2.45, 2.75) is 26.7 Å².